The minimum atomic E-state index is 0.206. The first-order valence-electron chi connectivity index (χ1n) is 8.90. The van der Waals surface area contributed by atoms with E-state index in [1.807, 2.05) is 0 Å². The first-order valence-corrected chi connectivity index (χ1v) is 8.90. The number of quaternary nitrogens is 1. The quantitative estimate of drug-likeness (QED) is 0.635. The van der Waals surface area contributed by atoms with Crippen molar-refractivity contribution in [2.45, 2.75) is 31.8 Å². The van der Waals surface area contributed by atoms with Gasteiger partial charge in [-0.2, -0.15) is 0 Å². The van der Waals surface area contributed by atoms with Crippen molar-refractivity contribution in [3.8, 4) is 0 Å². The topological polar surface area (TPSA) is 25.2 Å². The van der Waals surface area contributed by atoms with E-state index in [4.69, 9.17) is 0 Å². The Labute approximate surface area is 137 Å². The van der Waals surface area contributed by atoms with Gasteiger partial charge in [-0.3, -0.25) is 0 Å². The summed E-state index contributed by atoms with van der Waals surface area (Å²) in [6.07, 6.45) is 4.68. The zero-order chi connectivity index (χ0) is 15.8. The van der Waals surface area contributed by atoms with Crippen molar-refractivity contribution < 1.29 is 9.59 Å². The highest BCUT2D eigenvalue weighted by Crippen LogP contribution is 2.55. The molecule has 5 rings (SSSR count). The lowest BCUT2D eigenvalue weighted by Gasteiger charge is -2.55. The number of aromatic nitrogens is 1. The predicted octanol–water partition coefficient (Wildman–Crippen LogP) is 3.20. The summed E-state index contributed by atoms with van der Waals surface area (Å²) in [5.41, 5.74) is 5.97. The minimum absolute atomic E-state index is 0.206. The highest BCUT2D eigenvalue weighted by molar-refractivity contribution is 5.86. The van der Waals surface area contributed by atoms with E-state index in [9.17, 15) is 5.11 Å². The Bertz CT molecular complexity index is 834. The third-order valence-corrected chi connectivity index (χ3v) is 6.85. The van der Waals surface area contributed by atoms with Crippen LogP contribution >= 0.6 is 0 Å². The molecule has 3 heteroatoms. The van der Waals surface area contributed by atoms with Gasteiger partial charge in [-0.05, 0) is 24.1 Å². The number of benzene rings is 1. The van der Waals surface area contributed by atoms with Crippen LogP contribution in [-0.4, -0.2) is 40.9 Å². The van der Waals surface area contributed by atoms with Crippen LogP contribution in [0.15, 0.2) is 35.9 Å². The Hall–Kier alpha value is -1.58. The van der Waals surface area contributed by atoms with Crippen LogP contribution < -0.4 is 0 Å². The van der Waals surface area contributed by atoms with Gasteiger partial charge in [0, 0.05) is 29.7 Å². The maximum absolute atomic E-state index is 10.2. The van der Waals surface area contributed by atoms with Crippen LogP contribution in [0.25, 0.3) is 10.9 Å². The molecule has 1 fully saturated rings. The van der Waals surface area contributed by atoms with Gasteiger partial charge in [-0.1, -0.05) is 24.3 Å². The SMILES string of the molecule is C/C=C1/C[N+]2(C)CCc3c4n(c5ccccc35)[C@@H](CO)[C@H]1C[C@@H]42. The third kappa shape index (κ3) is 1.57. The van der Waals surface area contributed by atoms with Gasteiger partial charge in [0.2, 0.25) is 0 Å². The number of aliphatic hydroxyl groups is 1. The van der Waals surface area contributed by atoms with Gasteiger partial charge in [0.1, 0.15) is 12.6 Å². The molecule has 3 nitrogen and oxygen atoms in total. The number of rotatable bonds is 1. The van der Waals surface area contributed by atoms with Gasteiger partial charge in [-0.15, -0.1) is 0 Å². The number of hydrogen-bond acceptors (Lipinski definition) is 1. The fourth-order valence-corrected chi connectivity index (χ4v) is 5.73. The summed E-state index contributed by atoms with van der Waals surface area (Å²) in [4.78, 5) is 0. The second kappa shape index (κ2) is 4.49. The zero-order valence-corrected chi connectivity index (χ0v) is 14.0. The summed E-state index contributed by atoms with van der Waals surface area (Å²) in [6, 6.07) is 9.63. The maximum Gasteiger partial charge on any atom is 0.131 e. The molecular weight excluding hydrogens is 284 g/mol. The van der Waals surface area contributed by atoms with Gasteiger partial charge in [-0.25, -0.2) is 0 Å². The molecule has 0 aliphatic carbocycles. The molecule has 1 aromatic heterocycles. The van der Waals surface area contributed by atoms with Crippen LogP contribution in [0.5, 0.6) is 0 Å². The second-order valence-electron chi connectivity index (χ2n) is 7.83. The standard InChI is InChI=1S/C20H25N2O/c1-3-13-11-22(2)9-8-15-14-6-4-5-7-17(14)21-18(12-23)16(13)10-19(22)20(15)21/h3-7,16,18-19,23H,8-12H2,1-2H3/q+1/b13-3-/t16-,18-,19-,22?/m0/s1. The molecular formula is C20H25N2O+. The zero-order valence-electron chi connectivity index (χ0n) is 14.0. The molecule has 0 amide bonds. The molecule has 3 aliphatic rings. The number of allylic oxidation sites excluding steroid dienone is 1. The predicted molar refractivity (Wildman–Crippen MR) is 92.3 cm³/mol. The molecule has 3 aliphatic heterocycles. The van der Waals surface area contributed by atoms with Crippen LogP contribution in [0, 0.1) is 5.92 Å². The van der Waals surface area contributed by atoms with Crippen molar-refractivity contribution in [3.05, 3.63) is 47.2 Å². The summed E-state index contributed by atoms with van der Waals surface area (Å²) >= 11 is 0. The fourth-order valence-electron chi connectivity index (χ4n) is 5.73. The molecule has 1 unspecified atom stereocenters. The smallest absolute Gasteiger partial charge is 0.131 e. The van der Waals surface area contributed by atoms with Crippen molar-refractivity contribution >= 4 is 10.9 Å². The van der Waals surface area contributed by atoms with E-state index >= 15 is 0 Å². The molecule has 1 saturated heterocycles. The monoisotopic (exact) mass is 309 g/mol. The Morgan fingerprint density at radius 3 is 2.96 bits per heavy atom. The average Bonchev–Trinajstić information content (AvgIpc) is 2.91. The third-order valence-electron chi connectivity index (χ3n) is 6.85. The number of likely N-dealkylation sites (N-methyl/N-ethyl adjacent to an activating group) is 1. The summed E-state index contributed by atoms with van der Waals surface area (Å²) in [6.45, 7) is 4.81. The van der Waals surface area contributed by atoms with Crippen LogP contribution in [0.1, 0.15) is 36.7 Å². The lowest BCUT2D eigenvalue weighted by Crippen LogP contribution is -2.59. The molecule has 1 aromatic carbocycles. The Morgan fingerprint density at radius 1 is 1.35 bits per heavy atom. The van der Waals surface area contributed by atoms with Crippen LogP contribution in [-0.2, 0) is 6.42 Å². The number of aliphatic hydroxyl groups excluding tert-OH is 1. The van der Waals surface area contributed by atoms with Crippen molar-refractivity contribution in [2.75, 3.05) is 26.7 Å². The fraction of sp³-hybridized carbons (Fsp3) is 0.500. The molecule has 0 saturated carbocycles. The summed E-state index contributed by atoms with van der Waals surface area (Å²) in [5.74, 6) is 0.496. The second-order valence-corrected chi connectivity index (χ2v) is 7.83. The Balaban J connectivity index is 1.88. The van der Waals surface area contributed by atoms with Crippen molar-refractivity contribution in [2.24, 2.45) is 5.92 Å². The highest BCUT2D eigenvalue weighted by Gasteiger charge is 2.53. The average molecular weight is 309 g/mol. The molecule has 2 bridgehead atoms. The lowest BCUT2D eigenvalue weighted by atomic mass is 9.74. The normalized spacial score (nSPS) is 36.7. The number of hydrogen-bond donors (Lipinski definition) is 1. The number of fused-ring (bicyclic) bond motifs is 4. The van der Waals surface area contributed by atoms with E-state index < -0.39 is 0 Å². The number of nitrogens with zero attached hydrogens (tertiary/aromatic N) is 2. The number of piperidine rings is 1. The summed E-state index contributed by atoms with van der Waals surface area (Å²) in [7, 11) is 2.44. The largest absolute Gasteiger partial charge is 0.394 e. The highest BCUT2D eigenvalue weighted by atomic mass is 16.3. The molecule has 120 valence electrons. The molecule has 0 radical (unpaired) electrons. The molecule has 4 atom stereocenters. The van der Waals surface area contributed by atoms with Crippen LogP contribution in [0.2, 0.25) is 0 Å². The molecule has 1 N–H and O–H groups in total. The van der Waals surface area contributed by atoms with Crippen LogP contribution in [0.3, 0.4) is 0 Å². The van der Waals surface area contributed by atoms with Gasteiger partial charge >= 0.3 is 0 Å². The van der Waals surface area contributed by atoms with Crippen molar-refractivity contribution in [1.29, 1.82) is 0 Å². The Morgan fingerprint density at radius 2 is 2.17 bits per heavy atom. The van der Waals surface area contributed by atoms with Gasteiger partial charge in [0.25, 0.3) is 0 Å². The van der Waals surface area contributed by atoms with Crippen LogP contribution in [0.4, 0.5) is 0 Å². The van der Waals surface area contributed by atoms with Crippen molar-refractivity contribution in [3.63, 3.8) is 0 Å². The maximum atomic E-state index is 10.2. The van der Waals surface area contributed by atoms with Gasteiger partial charge in [0.15, 0.2) is 0 Å². The van der Waals surface area contributed by atoms with E-state index in [2.05, 4.69) is 48.9 Å². The first kappa shape index (κ1) is 13.8. The molecule has 4 heterocycles. The van der Waals surface area contributed by atoms with E-state index in [1.54, 1.807) is 11.1 Å². The van der Waals surface area contributed by atoms with E-state index in [-0.39, 0.29) is 12.6 Å². The number of para-hydroxylation sites is 1. The van der Waals surface area contributed by atoms with E-state index in [0.29, 0.717) is 12.0 Å². The van der Waals surface area contributed by atoms with Gasteiger partial charge < -0.3 is 14.2 Å². The summed E-state index contributed by atoms with van der Waals surface area (Å²) < 4.78 is 3.67. The summed E-state index contributed by atoms with van der Waals surface area (Å²) in [5, 5.41) is 11.6. The lowest BCUT2D eigenvalue weighted by molar-refractivity contribution is -0.943. The van der Waals surface area contributed by atoms with E-state index in [1.165, 1.54) is 29.6 Å². The Kier molecular flexibility index (Phi) is 2.70. The van der Waals surface area contributed by atoms with E-state index in [0.717, 1.165) is 17.4 Å². The molecule has 0 spiro atoms. The molecule has 23 heavy (non-hydrogen) atoms. The molecule has 2 aromatic rings. The minimum Gasteiger partial charge on any atom is -0.394 e. The van der Waals surface area contributed by atoms with Crippen molar-refractivity contribution in [1.82, 2.24) is 4.57 Å². The van der Waals surface area contributed by atoms with Gasteiger partial charge in [0.05, 0.1) is 31.9 Å². The first-order chi connectivity index (χ1) is 11.2.